The van der Waals surface area contributed by atoms with Crippen molar-refractivity contribution < 1.29 is 5.32 Å². The van der Waals surface area contributed by atoms with Crippen molar-refractivity contribution in [3.63, 3.8) is 0 Å². The van der Waals surface area contributed by atoms with E-state index in [9.17, 15) is 0 Å². The fourth-order valence-corrected chi connectivity index (χ4v) is 6.61. The van der Waals surface area contributed by atoms with Crippen LogP contribution in [0.4, 0.5) is 0 Å². The molecule has 23 heavy (non-hydrogen) atoms. The smallest absolute Gasteiger partial charge is 0.0994 e. The number of hydrogen-bond acceptors (Lipinski definition) is 2. The van der Waals surface area contributed by atoms with Crippen LogP contribution in [-0.4, -0.2) is 18.3 Å². The third kappa shape index (κ3) is 3.04. The van der Waals surface area contributed by atoms with E-state index in [4.69, 9.17) is 5.26 Å². The summed E-state index contributed by atoms with van der Waals surface area (Å²) >= 11 is 1.98. The molecule has 1 aromatic carbocycles. The highest BCUT2D eigenvalue weighted by Crippen LogP contribution is 2.57. The minimum atomic E-state index is 0.837. The lowest BCUT2D eigenvalue weighted by molar-refractivity contribution is -0.692. The summed E-state index contributed by atoms with van der Waals surface area (Å²) in [5, 5.41) is 11.8. The van der Waals surface area contributed by atoms with Gasteiger partial charge in [-0.2, -0.15) is 17.0 Å². The molecule has 0 aromatic heterocycles. The number of nitrogens with zero attached hydrogens (tertiary/aromatic N) is 1. The Bertz CT molecular complexity index is 594. The van der Waals surface area contributed by atoms with E-state index in [1.807, 2.05) is 30.0 Å². The molecule has 0 heterocycles. The van der Waals surface area contributed by atoms with Crippen molar-refractivity contribution in [1.29, 1.82) is 5.26 Å². The number of benzene rings is 1. The van der Waals surface area contributed by atoms with Gasteiger partial charge in [0.25, 0.3) is 0 Å². The largest absolute Gasteiger partial charge is 0.343 e. The number of nitrogens with two attached hydrogens (primary N) is 1. The van der Waals surface area contributed by atoms with Crippen LogP contribution >= 0.6 is 11.8 Å². The molecule has 2 nitrogen and oxygen atoms in total. The summed E-state index contributed by atoms with van der Waals surface area (Å²) in [6.07, 6.45) is 7.60. The average molecular weight is 328 g/mol. The maximum absolute atomic E-state index is 9.13. The highest BCUT2D eigenvalue weighted by molar-refractivity contribution is 7.98. The molecular weight excluding hydrogens is 300 g/mol. The maximum atomic E-state index is 9.13. The SMILES string of the molecule is N#Cc1ccccc1CSCC[NH2+][C@@H]1C[C@H]2C[C@H]1[C@H]1CCC[C@H]21. The topological polar surface area (TPSA) is 40.4 Å². The van der Waals surface area contributed by atoms with Crippen LogP contribution in [-0.2, 0) is 5.75 Å². The first-order chi connectivity index (χ1) is 11.4. The lowest BCUT2D eigenvalue weighted by Gasteiger charge is -2.29. The molecule has 1 aromatic rings. The van der Waals surface area contributed by atoms with Crippen molar-refractivity contribution in [2.24, 2.45) is 23.7 Å². The number of thioether (sulfide) groups is 1. The van der Waals surface area contributed by atoms with Gasteiger partial charge in [-0.05, 0) is 48.6 Å². The van der Waals surface area contributed by atoms with Crippen LogP contribution in [0.25, 0.3) is 0 Å². The van der Waals surface area contributed by atoms with Gasteiger partial charge in [0.1, 0.15) is 0 Å². The van der Waals surface area contributed by atoms with Crippen LogP contribution < -0.4 is 5.32 Å². The Balaban J connectivity index is 1.19. The third-order valence-corrected chi connectivity index (χ3v) is 7.65. The van der Waals surface area contributed by atoms with Gasteiger partial charge in [-0.25, -0.2) is 0 Å². The first kappa shape index (κ1) is 15.5. The van der Waals surface area contributed by atoms with Gasteiger partial charge in [-0.1, -0.05) is 24.6 Å². The summed E-state index contributed by atoms with van der Waals surface area (Å²) in [6.45, 7) is 1.24. The molecule has 0 amide bonds. The van der Waals surface area contributed by atoms with Crippen LogP contribution in [0.1, 0.15) is 43.2 Å². The molecule has 4 rings (SSSR count). The second-order valence-corrected chi connectivity index (χ2v) is 8.77. The number of fused-ring (bicyclic) bond motifs is 5. The first-order valence-electron chi connectivity index (χ1n) is 9.26. The molecule has 3 fully saturated rings. The molecule has 0 radical (unpaired) electrons. The molecule has 0 spiro atoms. The summed E-state index contributed by atoms with van der Waals surface area (Å²) in [6, 6.07) is 11.2. The maximum Gasteiger partial charge on any atom is 0.0994 e. The molecule has 5 atom stereocenters. The van der Waals surface area contributed by atoms with Crippen LogP contribution in [0.5, 0.6) is 0 Å². The normalized spacial score (nSPS) is 34.5. The monoisotopic (exact) mass is 327 g/mol. The van der Waals surface area contributed by atoms with E-state index < -0.39 is 0 Å². The molecule has 3 heteroatoms. The van der Waals surface area contributed by atoms with Gasteiger partial charge in [0.2, 0.25) is 0 Å². The molecule has 2 bridgehead atoms. The van der Waals surface area contributed by atoms with Crippen molar-refractivity contribution in [1.82, 2.24) is 0 Å². The van der Waals surface area contributed by atoms with Gasteiger partial charge in [0.15, 0.2) is 0 Å². The van der Waals surface area contributed by atoms with Crippen molar-refractivity contribution in [2.75, 3.05) is 12.3 Å². The summed E-state index contributed by atoms with van der Waals surface area (Å²) in [4.78, 5) is 0. The fourth-order valence-electron chi connectivity index (χ4n) is 5.69. The summed E-state index contributed by atoms with van der Waals surface area (Å²) < 4.78 is 0. The predicted molar refractivity (Wildman–Crippen MR) is 94.9 cm³/mol. The Morgan fingerprint density at radius 3 is 2.91 bits per heavy atom. The van der Waals surface area contributed by atoms with Crippen LogP contribution in [0, 0.1) is 35.0 Å². The lowest BCUT2D eigenvalue weighted by atomic mass is 9.79. The Kier molecular flexibility index (Phi) is 4.64. The second kappa shape index (κ2) is 6.87. The van der Waals surface area contributed by atoms with Crippen molar-refractivity contribution >= 4 is 11.8 Å². The number of quaternary nitrogens is 1. The van der Waals surface area contributed by atoms with E-state index >= 15 is 0 Å². The molecule has 0 aliphatic heterocycles. The van der Waals surface area contributed by atoms with Crippen LogP contribution in [0.2, 0.25) is 0 Å². The van der Waals surface area contributed by atoms with Gasteiger partial charge in [0, 0.05) is 23.8 Å². The molecule has 2 N–H and O–H groups in total. The zero-order valence-electron chi connectivity index (χ0n) is 13.8. The van der Waals surface area contributed by atoms with Gasteiger partial charge < -0.3 is 5.32 Å². The van der Waals surface area contributed by atoms with E-state index in [2.05, 4.69) is 17.5 Å². The Morgan fingerprint density at radius 2 is 2.00 bits per heavy atom. The highest BCUT2D eigenvalue weighted by atomic mass is 32.2. The molecule has 3 saturated carbocycles. The second-order valence-electron chi connectivity index (χ2n) is 7.66. The zero-order valence-corrected chi connectivity index (χ0v) is 14.6. The number of nitriles is 1. The minimum Gasteiger partial charge on any atom is -0.343 e. The minimum absolute atomic E-state index is 0.837. The van der Waals surface area contributed by atoms with Gasteiger partial charge in [0.05, 0.1) is 24.2 Å². The predicted octanol–water partition coefficient (Wildman–Crippen LogP) is 3.18. The van der Waals surface area contributed by atoms with Gasteiger partial charge >= 0.3 is 0 Å². The molecule has 0 unspecified atom stereocenters. The summed E-state index contributed by atoms with van der Waals surface area (Å²) in [7, 11) is 0. The standard InChI is InChI=1S/C20H26N2S/c21-12-14-4-1-2-5-15(14)13-23-9-8-22-20-11-16-10-19(20)18-7-3-6-17(16)18/h1-2,4-5,16-20,22H,3,6-11,13H2/p+1/t16-,17-,18+,19+,20-/m1/s1. The number of rotatable bonds is 6. The third-order valence-electron chi connectivity index (χ3n) is 6.61. The number of hydrogen-bond donors (Lipinski definition) is 1. The van der Waals surface area contributed by atoms with E-state index in [1.165, 1.54) is 43.5 Å². The van der Waals surface area contributed by atoms with Crippen molar-refractivity contribution in [3.05, 3.63) is 35.4 Å². The summed E-state index contributed by atoms with van der Waals surface area (Å²) in [5.74, 6) is 6.48. The van der Waals surface area contributed by atoms with E-state index in [0.29, 0.717) is 0 Å². The Hall–Kier alpha value is -0.980. The molecule has 3 aliphatic rings. The summed E-state index contributed by atoms with van der Waals surface area (Å²) in [5.41, 5.74) is 2.03. The zero-order chi connectivity index (χ0) is 15.6. The Labute approximate surface area is 144 Å². The molecular formula is C20H27N2S+. The first-order valence-corrected chi connectivity index (χ1v) is 10.4. The Morgan fingerprint density at radius 1 is 1.13 bits per heavy atom. The van der Waals surface area contributed by atoms with Crippen molar-refractivity contribution in [3.8, 4) is 6.07 Å². The molecule has 3 aliphatic carbocycles. The lowest BCUT2D eigenvalue weighted by Crippen LogP contribution is -2.92. The highest BCUT2D eigenvalue weighted by Gasteiger charge is 2.55. The van der Waals surface area contributed by atoms with Gasteiger partial charge in [-0.15, -0.1) is 0 Å². The van der Waals surface area contributed by atoms with Crippen LogP contribution in [0.15, 0.2) is 24.3 Å². The fraction of sp³-hybridized carbons (Fsp3) is 0.650. The van der Waals surface area contributed by atoms with E-state index in [0.717, 1.165) is 41.0 Å². The van der Waals surface area contributed by atoms with E-state index in [1.54, 1.807) is 6.42 Å². The quantitative estimate of drug-likeness (QED) is 0.815. The van der Waals surface area contributed by atoms with Crippen LogP contribution in [0.3, 0.4) is 0 Å². The molecule has 0 saturated heterocycles. The van der Waals surface area contributed by atoms with E-state index in [-0.39, 0.29) is 0 Å². The van der Waals surface area contributed by atoms with Crippen molar-refractivity contribution in [2.45, 2.75) is 43.9 Å². The van der Waals surface area contributed by atoms with Gasteiger partial charge in [-0.3, -0.25) is 0 Å². The molecule has 122 valence electrons. The average Bonchev–Trinajstić information content (AvgIpc) is 3.27.